The highest BCUT2D eigenvalue weighted by Crippen LogP contribution is 2.29. The summed E-state index contributed by atoms with van der Waals surface area (Å²) in [6.45, 7) is 3.69. The second-order valence-corrected chi connectivity index (χ2v) is 4.06. The van der Waals surface area contributed by atoms with Crippen LogP contribution in [0.3, 0.4) is 0 Å². The number of rotatable bonds is 6. The van der Waals surface area contributed by atoms with Crippen molar-refractivity contribution in [2.45, 2.75) is 5.92 Å². The maximum atomic E-state index is 11.8. The number of carbonyl (C=O) groups excluding carboxylic acids is 2. The van der Waals surface area contributed by atoms with Crippen LogP contribution in [-0.4, -0.2) is 33.3 Å². The van der Waals surface area contributed by atoms with Crippen LogP contribution >= 0.6 is 0 Å². The molecule has 1 rings (SSSR count). The summed E-state index contributed by atoms with van der Waals surface area (Å²) in [6.07, 6.45) is 1.53. The molecule has 0 radical (unpaired) electrons. The summed E-state index contributed by atoms with van der Waals surface area (Å²) in [4.78, 5) is 23.6. The summed E-state index contributed by atoms with van der Waals surface area (Å²) in [5.41, 5.74) is 0.751. The molecular formula is C15H18O5. The van der Waals surface area contributed by atoms with E-state index in [2.05, 4.69) is 16.1 Å². The zero-order valence-corrected chi connectivity index (χ0v) is 11.8. The van der Waals surface area contributed by atoms with Crippen LogP contribution in [0.2, 0.25) is 0 Å². The molecule has 5 heteroatoms. The van der Waals surface area contributed by atoms with E-state index in [1.807, 2.05) is 0 Å². The molecule has 5 nitrogen and oxygen atoms in total. The molecule has 0 aliphatic heterocycles. The molecule has 1 atom stereocenters. The molecular weight excluding hydrogens is 260 g/mol. The normalized spacial score (nSPS) is 11.6. The van der Waals surface area contributed by atoms with Crippen LogP contribution in [0, 0.1) is 5.92 Å². The van der Waals surface area contributed by atoms with Gasteiger partial charge in [0.05, 0.1) is 21.3 Å². The first kappa shape index (κ1) is 15.8. The Morgan fingerprint density at radius 1 is 1.05 bits per heavy atom. The highest BCUT2D eigenvalue weighted by Gasteiger charge is 2.36. The average molecular weight is 278 g/mol. The van der Waals surface area contributed by atoms with Crippen LogP contribution in [0.1, 0.15) is 11.5 Å². The maximum Gasteiger partial charge on any atom is 0.321 e. The average Bonchev–Trinajstić information content (AvgIpc) is 2.51. The lowest BCUT2D eigenvalue weighted by Gasteiger charge is -2.20. The van der Waals surface area contributed by atoms with E-state index in [0.717, 1.165) is 5.56 Å². The van der Waals surface area contributed by atoms with Crippen LogP contribution in [0.4, 0.5) is 0 Å². The Bertz CT molecular complexity index is 462. The van der Waals surface area contributed by atoms with Gasteiger partial charge in [0.15, 0.2) is 5.92 Å². The van der Waals surface area contributed by atoms with Crippen LogP contribution < -0.4 is 4.74 Å². The van der Waals surface area contributed by atoms with Crippen LogP contribution in [-0.2, 0) is 19.1 Å². The smallest absolute Gasteiger partial charge is 0.321 e. The van der Waals surface area contributed by atoms with Gasteiger partial charge in [-0.15, -0.1) is 6.58 Å². The Morgan fingerprint density at radius 2 is 1.55 bits per heavy atom. The summed E-state index contributed by atoms with van der Waals surface area (Å²) < 4.78 is 14.4. The highest BCUT2D eigenvalue weighted by molar-refractivity contribution is 5.96. The first-order valence-corrected chi connectivity index (χ1v) is 6.01. The molecule has 0 bridgehead atoms. The van der Waals surface area contributed by atoms with Crippen molar-refractivity contribution < 1.29 is 23.8 Å². The number of carbonyl (C=O) groups is 2. The minimum Gasteiger partial charge on any atom is -0.497 e. The Kier molecular flexibility index (Phi) is 5.77. The fraction of sp³-hybridized carbons (Fsp3) is 0.333. The maximum absolute atomic E-state index is 11.8. The fourth-order valence-corrected chi connectivity index (χ4v) is 1.93. The van der Waals surface area contributed by atoms with E-state index in [1.54, 1.807) is 31.4 Å². The molecule has 1 aromatic carbocycles. The van der Waals surface area contributed by atoms with Gasteiger partial charge in [-0.1, -0.05) is 18.2 Å². The number of hydrogen-bond acceptors (Lipinski definition) is 5. The standard InChI is InChI=1S/C15H18O5/c1-5-12(10-6-8-11(18-2)9-7-10)13(14(16)19-3)15(17)20-4/h5-9,12-13H,1H2,2-4H3/t12-/m0/s1. The van der Waals surface area contributed by atoms with Gasteiger partial charge in [-0.2, -0.15) is 0 Å². The minimum absolute atomic E-state index is 0.527. The predicted molar refractivity (Wildman–Crippen MR) is 73.5 cm³/mol. The molecule has 0 aliphatic carbocycles. The molecule has 0 fully saturated rings. The van der Waals surface area contributed by atoms with Crippen molar-refractivity contribution in [2.75, 3.05) is 21.3 Å². The van der Waals surface area contributed by atoms with E-state index in [4.69, 9.17) is 4.74 Å². The van der Waals surface area contributed by atoms with Crippen molar-refractivity contribution in [3.05, 3.63) is 42.5 Å². The lowest BCUT2D eigenvalue weighted by Crippen LogP contribution is -2.31. The summed E-state index contributed by atoms with van der Waals surface area (Å²) >= 11 is 0. The second-order valence-electron chi connectivity index (χ2n) is 4.06. The van der Waals surface area contributed by atoms with E-state index in [9.17, 15) is 9.59 Å². The van der Waals surface area contributed by atoms with Crippen molar-refractivity contribution >= 4 is 11.9 Å². The SMILES string of the molecule is C=C[C@@H](c1ccc(OC)cc1)C(C(=O)OC)C(=O)OC. The second kappa shape index (κ2) is 7.33. The number of allylic oxidation sites excluding steroid dienone is 1. The van der Waals surface area contributed by atoms with E-state index in [1.165, 1.54) is 20.3 Å². The van der Waals surface area contributed by atoms with Gasteiger partial charge in [0.25, 0.3) is 0 Å². The largest absolute Gasteiger partial charge is 0.497 e. The Hall–Kier alpha value is -2.30. The molecule has 0 heterocycles. The highest BCUT2D eigenvalue weighted by atomic mass is 16.5. The van der Waals surface area contributed by atoms with Crippen molar-refractivity contribution in [3.8, 4) is 5.75 Å². The van der Waals surface area contributed by atoms with Crippen LogP contribution in [0.25, 0.3) is 0 Å². The van der Waals surface area contributed by atoms with Gasteiger partial charge in [-0.25, -0.2) is 0 Å². The van der Waals surface area contributed by atoms with Gasteiger partial charge >= 0.3 is 11.9 Å². The molecule has 0 saturated heterocycles. The van der Waals surface area contributed by atoms with Gasteiger partial charge < -0.3 is 14.2 Å². The van der Waals surface area contributed by atoms with E-state index < -0.39 is 23.8 Å². The van der Waals surface area contributed by atoms with Gasteiger partial charge in [0.1, 0.15) is 5.75 Å². The molecule has 0 N–H and O–H groups in total. The summed E-state index contributed by atoms with van der Waals surface area (Å²) in [5, 5.41) is 0. The lowest BCUT2D eigenvalue weighted by molar-refractivity contribution is -0.159. The summed E-state index contributed by atoms with van der Waals surface area (Å²) in [5.74, 6) is -2.23. The Balaban J connectivity index is 3.14. The van der Waals surface area contributed by atoms with Crippen LogP contribution in [0.5, 0.6) is 5.75 Å². The van der Waals surface area contributed by atoms with Gasteiger partial charge in [0, 0.05) is 5.92 Å². The van der Waals surface area contributed by atoms with Gasteiger partial charge in [0.2, 0.25) is 0 Å². The van der Waals surface area contributed by atoms with Crippen molar-refractivity contribution in [1.82, 2.24) is 0 Å². The molecule has 0 saturated carbocycles. The zero-order chi connectivity index (χ0) is 15.1. The van der Waals surface area contributed by atoms with E-state index in [-0.39, 0.29) is 0 Å². The number of methoxy groups -OCH3 is 3. The zero-order valence-electron chi connectivity index (χ0n) is 11.8. The molecule has 0 aliphatic rings. The third-order valence-electron chi connectivity index (χ3n) is 3.02. The number of benzene rings is 1. The molecule has 20 heavy (non-hydrogen) atoms. The first-order valence-electron chi connectivity index (χ1n) is 6.01. The quantitative estimate of drug-likeness (QED) is 0.452. The Labute approximate surface area is 118 Å². The number of esters is 2. The number of hydrogen-bond donors (Lipinski definition) is 0. The van der Waals surface area contributed by atoms with Gasteiger partial charge in [-0.3, -0.25) is 9.59 Å². The molecule has 0 aromatic heterocycles. The molecule has 108 valence electrons. The summed E-state index contributed by atoms with van der Waals surface area (Å²) in [6, 6.07) is 7.03. The van der Waals surface area contributed by atoms with Crippen molar-refractivity contribution in [2.24, 2.45) is 5.92 Å². The molecule has 0 spiro atoms. The van der Waals surface area contributed by atoms with Crippen molar-refractivity contribution in [1.29, 1.82) is 0 Å². The molecule has 1 aromatic rings. The minimum atomic E-state index is -1.07. The lowest BCUT2D eigenvalue weighted by atomic mass is 9.86. The van der Waals surface area contributed by atoms with Crippen molar-refractivity contribution in [3.63, 3.8) is 0 Å². The summed E-state index contributed by atoms with van der Waals surface area (Å²) in [7, 11) is 4.02. The Morgan fingerprint density at radius 3 is 1.90 bits per heavy atom. The predicted octanol–water partition coefficient (Wildman–Crippen LogP) is 1.93. The van der Waals surface area contributed by atoms with Gasteiger partial charge in [-0.05, 0) is 17.7 Å². The molecule has 0 unspecified atom stereocenters. The van der Waals surface area contributed by atoms with E-state index in [0.29, 0.717) is 5.75 Å². The fourth-order valence-electron chi connectivity index (χ4n) is 1.93. The first-order chi connectivity index (χ1) is 9.58. The molecule has 0 amide bonds. The van der Waals surface area contributed by atoms with E-state index >= 15 is 0 Å². The topological polar surface area (TPSA) is 61.8 Å². The third kappa shape index (κ3) is 3.38. The monoisotopic (exact) mass is 278 g/mol. The van der Waals surface area contributed by atoms with Crippen LogP contribution in [0.15, 0.2) is 36.9 Å². The third-order valence-corrected chi connectivity index (χ3v) is 3.02. The number of ether oxygens (including phenoxy) is 3.